The van der Waals surface area contributed by atoms with Crippen LogP contribution < -0.4 is 9.64 Å². The van der Waals surface area contributed by atoms with Crippen LogP contribution >= 0.6 is 36.7 Å². The Bertz CT molecular complexity index is 498. The van der Waals surface area contributed by atoms with E-state index in [1.807, 2.05) is 31.3 Å². The van der Waals surface area contributed by atoms with Gasteiger partial charge in [-0.3, -0.25) is 4.90 Å². The number of benzene rings is 1. The predicted molar refractivity (Wildman–Crippen MR) is 81.0 cm³/mol. The fraction of sp³-hybridized carbons (Fsp3) is 0.182. The van der Waals surface area contributed by atoms with E-state index in [4.69, 9.17) is 41.4 Å². The third-order valence-electron chi connectivity index (χ3n) is 2.50. The Labute approximate surface area is 116 Å². The Hall–Kier alpha value is -1.11. The van der Waals surface area contributed by atoms with E-state index in [1.165, 1.54) is 0 Å². The summed E-state index contributed by atoms with van der Waals surface area (Å²) in [5, 5.41) is 0.602. The first kappa shape index (κ1) is 12.3. The van der Waals surface area contributed by atoms with Crippen molar-refractivity contribution < 1.29 is 4.74 Å². The minimum atomic E-state index is 0.567. The van der Waals surface area contributed by atoms with Gasteiger partial charge in [-0.05, 0) is 36.5 Å². The van der Waals surface area contributed by atoms with Crippen LogP contribution in [-0.2, 0) is 0 Å². The molecule has 0 radical (unpaired) electrons. The molecule has 1 aromatic carbocycles. The average Bonchev–Trinajstić information content (AvgIpc) is 2.54. The molecule has 0 unspecified atom stereocenters. The average molecular weight is 282 g/mol. The number of methoxy groups -OCH3 is 1. The monoisotopic (exact) mass is 282 g/mol. The number of anilines is 1. The van der Waals surface area contributed by atoms with Crippen molar-refractivity contribution >= 4 is 57.4 Å². The molecule has 1 heterocycles. The molecule has 6 heteroatoms. The van der Waals surface area contributed by atoms with E-state index in [1.54, 1.807) is 16.9 Å². The van der Waals surface area contributed by atoms with E-state index in [9.17, 15) is 0 Å². The number of hydrogen-bond donors (Lipinski definition) is 0. The molecule has 3 nitrogen and oxygen atoms in total. The zero-order valence-corrected chi connectivity index (χ0v) is 11.8. The van der Waals surface area contributed by atoms with Crippen molar-refractivity contribution in [2.45, 2.75) is 0 Å². The smallest absolute Gasteiger partial charge is 0.186 e. The van der Waals surface area contributed by atoms with Gasteiger partial charge in [0.15, 0.2) is 5.11 Å². The van der Waals surface area contributed by atoms with Crippen molar-refractivity contribution in [2.24, 2.45) is 0 Å². The third kappa shape index (κ3) is 2.03. The highest BCUT2D eigenvalue weighted by Crippen LogP contribution is 2.25. The minimum Gasteiger partial charge on any atom is -0.497 e. The van der Waals surface area contributed by atoms with Gasteiger partial charge < -0.3 is 9.64 Å². The molecule has 0 bridgehead atoms. The van der Waals surface area contributed by atoms with Crippen molar-refractivity contribution in [3.05, 3.63) is 24.3 Å². The fourth-order valence-corrected chi connectivity index (χ4v) is 2.43. The number of likely N-dealkylation sites (N-methyl/N-ethyl adjacent to an activating group) is 1. The van der Waals surface area contributed by atoms with Crippen LogP contribution in [-0.4, -0.2) is 34.1 Å². The molecule has 2 rings (SSSR count). The summed E-state index contributed by atoms with van der Waals surface area (Å²) in [5.41, 5.74) is 0.896. The zero-order chi connectivity index (χ0) is 12.6. The first-order valence-electron chi connectivity index (χ1n) is 4.86. The summed E-state index contributed by atoms with van der Waals surface area (Å²) in [6.45, 7) is 0. The highest BCUT2D eigenvalue weighted by Gasteiger charge is 2.33. The van der Waals surface area contributed by atoms with Crippen molar-refractivity contribution in [1.29, 1.82) is 0 Å². The van der Waals surface area contributed by atoms with Crippen LogP contribution in [0.25, 0.3) is 0 Å². The van der Waals surface area contributed by atoms with Gasteiger partial charge in [0, 0.05) is 12.7 Å². The topological polar surface area (TPSA) is 15.7 Å². The second-order valence-corrected chi connectivity index (χ2v) is 4.62. The van der Waals surface area contributed by atoms with Crippen LogP contribution in [0, 0.1) is 0 Å². The summed E-state index contributed by atoms with van der Waals surface area (Å²) in [6, 6.07) is 7.53. The maximum atomic E-state index is 5.31. The largest absolute Gasteiger partial charge is 0.497 e. The van der Waals surface area contributed by atoms with Gasteiger partial charge in [-0.25, -0.2) is 0 Å². The maximum Gasteiger partial charge on any atom is 0.186 e. The van der Waals surface area contributed by atoms with Gasteiger partial charge in [-0.2, -0.15) is 0 Å². The van der Waals surface area contributed by atoms with E-state index in [0.717, 1.165) is 11.4 Å². The van der Waals surface area contributed by atoms with Crippen LogP contribution in [0.2, 0.25) is 0 Å². The summed E-state index contributed by atoms with van der Waals surface area (Å²) in [7, 11) is 3.45. The number of hydrogen-bond acceptors (Lipinski definition) is 4. The molecular formula is C11H10N2OS3. The standard InChI is InChI=1S/C11H10N2OS3/c1-12-9(15)10(16)13(11(12)17)7-3-5-8(14-2)6-4-7/h3-6H,1-2H3. The molecular weight excluding hydrogens is 272 g/mol. The van der Waals surface area contributed by atoms with Crippen LogP contribution in [0.3, 0.4) is 0 Å². The number of ether oxygens (including phenoxy) is 1. The lowest BCUT2D eigenvalue weighted by molar-refractivity contribution is 0.415. The third-order valence-corrected chi connectivity index (χ3v) is 3.93. The van der Waals surface area contributed by atoms with Crippen molar-refractivity contribution in [2.75, 3.05) is 19.1 Å². The zero-order valence-electron chi connectivity index (χ0n) is 9.34. The Morgan fingerprint density at radius 3 is 2.00 bits per heavy atom. The second-order valence-electron chi connectivity index (χ2n) is 3.49. The van der Waals surface area contributed by atoms with Crippen LogP contribution in [0.15, 0.2) is 24.3 Å². The lowest BCUT2D eigenvalue weighted by atomic mass is 10.3. The molecule has 0 spiro atoms. The predicted octanol–water partition coefficient (Wildman–Crippen LogP) is 2.39. The summed E-state index contributed by atoms with van der Waals surface area (Å²) in [5.74, 6) is 0.792. The SMILES string of the molecule is COc1ccc(N2C(=S)C(=S)N(C)C2=S)cc1. The summed E-state index contributed by atoms with van der Waals surface area (Å²) in [6.07, 6.45) is 0. The van der Waals surface area contributed by atoms with Crippen LogP contribution in [0.4, 0.5) is 5.69 Å². The number of rotatable bonds is 2. The van der Waals surface area contributed by atoms with Gasteiger partial charge in [-0.1, -0.05) is 24.4 Å². The molecule has 0 amide bonds. The highest BCUT2D eigenvalue weighted by molar-refractivity contribution is 7.90. The summed E-state index contributed by atoms with van der Waals surface area (Å²) in [4.78, 5) is 4.67. The van der Waals surface area contributed by atoms with Crippen LogP contribution in [0.1, 0.15) is 0 Å². The van der Waals surface area contributed by atoms with E-state index < -0.39 is 0 Å². The van der Waals surface area contributed by atoms with Gasteiger partial charge >= 0.3 is 0 Å². The van der Waals surface area contributed by atoms with Crippen molar-refractivity contribution in [3.63, 3.8) is 0 Å². The molecule has 17 heavy (non-hydrogen) atoms. The molecule has 1 fully saturated rings. The van der Waals surface area contributed by atoms with Gasteiger partial charge in [0.05, 0.1) is 7.11 Å². The molecule has 88 valence electrons. The highest BCUT2D eigenvalue weighted by atomic mass is 32.1. The van der Waals surface area contributed by atoms with Gasteiger partial charge in [-0.15, -0.1) is 0 Å². The Kier molecular flexibility index (Phi) is 3.37. The minimum absolute atomic E-state index is 0.567. The lowest BCUT2D eigenvalue weighted by Gasteiger charge is -2.17. The Morgan fingerprint density at radius 2 is 1.59 bits per heavy atom. The first-order valence-corrected chi connectivity index (χ1v) is 6.09. The second kappa shape index (κ2) is 4.64. The molecule has 1 aromatic rings. The molecule has 0 N–H and O–H groups in total. The first-order chi connectivity index (χ1) is 8.06. The molecule has 0 atom stereocenters. The van der Waals surface area contributed by atoms with Crippen molar-refractivity contribution in [3.8, 4) is 5.75 Å². The number of nitrogens with zero attached hydrogens (tertiary/aromatic N) is 2. The van der Waals surface area contributed by atoms with E-state index in [-0.39, 0.29) is 0 Å². The Morgan fingerprint density at radius 1 is 1.00 bits per heavy atom. The normalized spacial score (nSPS) is 15.8. The van der Waals surface area contributed by atoms with Crippen molar-refractivity contribution in [1.82, 2.24) is 4.90 Å². The van der Waals surface area contributed by atoms with E-state index >= 15 is 0 Å². The molecule has 1 aliphatic rings. The molecule has 1 saturated heterocycles. The van der Waals surface area contributed by atoms with E-state index in [0.29, 0.717) is 15.1 Å². The van der Waals surface area contributed by atoms with Gasteiger partial charge in [0.2, 0.25) is 0 Å². The fourth-order valence-electron chi connectivity index (χ4n) is 1.52. The molecule has 0 aliphatic carbocycles. The lowest BCUT2D eigenvalue weighted by Crippen LogP contribution is -2.30. The quantitative estimate of drug-likeness (QED) is 0.769. The summed E-state index contributed by atoms with van der Waals surface area (Å²) >= 11 is 15.8. The molecule has 1 aliphatic heterocycles. The van der Waals surface area contributed by atoms with Gasteiger partial charge in [0.25, 0.3) is 0 Å². The van der Waals surface area contributed by atoms with E-state index in [2.05, 4.69) is 0 Å². The number of thiocarbonyl (C=S) groups is 3. The molecule has 0 aromatic heterocycles. The molecule has 0 saturated carbocycles. The maximum absolute atomic E-state index is 5.31. The Balaban J connectivity index is 2.36. The van der Waals surface area contributed by atoms with Gasteiger partial charge in [0.1, 0.15) is 15.7 Å². The summed E-state index contributed by atoms with van der Waals surface area (Å²) < 4.78 is 5.11. The van der Waals surface area contributed by atoms with Crippen LogP contribution in [0.5, 0.6) is 5.75 Å².